The van der Waals surface area contributed by atoms with Crippen molar-refractivity contribution >= 4 is 29.5 Å². The van der Waals surface area contributed by atoms with Crippen molar-refractivity contribution in [2.24, 2.45) is 0 Å². The number of ether oxygens (including phenoxy) is 1. The Hall–Kier alpha value is -1.62. The Morgan fingerprint density at radius 2 is 1.93 bits per heavy atom. The quantitative estimate of drug-likeness (QED) is 0.662. The molecule has 0 unspecified atom stereocenters. The third-order valence-corrected chi connectivity index (χ3v) is 6.00. The molecule has 2 aromatic rings. The molecule has 0 spiro atoms. The number of rotatable bonds is 5. The van der Waals surface area contributed by atoms with Crippen LogP contribution in [0.3, 0.4) is 0 Å². The Morgan fingerprint density at radius 3 is 2.63 bits per heavy atom. The average molecular weight is 408 g/mol. The highest BCUT2D eigenvalue weighted by Gasteiger charge is 2.38. The average Bonchev–Trinajstić information content (AvgIpc) is 3.26. The smallest absolute Gasteiger partial charge is 0.165 e. The van der Waals surface area contributed by atoms with Gasteiger partial charge >= 0.3 is 0 Å². The maximum atomic E-state index is 14.4. The topological polar surface area (TPSA) is 38.3 Å². The first-order valence-electron chi connectivity index (χ1n) is 9.20. The zero-order valence-corrected chi connectivity index (χ0v) is 16.2. The first-order valence-corrected chi connectivity index (χ1v) is 9.96. The van der Waals surface area contributed by atoms with Gasteiger partial charge in [0.1, 0.15) is 12.4 Å². The molecule has 0 aliphatic heterocycles. The van der Waals surface area contributed by atoms with Crippen LogP contribution in [0.15, 0.2) is 30.3 Å². The Balaban J connectivity index is 1.66. The summed E-state index contributed by atoms with van der Waals surface area (Å²) in [6.07, 6.45) is 5.64. The van der Waals surface area contributed by atoms with Gasteiger partial charge in [-0.15, -0.1) is 0 Å². The Morgan fingerprint density at radius 1 is 1.15 bits per heavy atom. The third kappa shape index (κ3) is 3.84. The fraction of sp³-hybridized carbons (Fsp3) is 0.381. The maximum absolute atomic E-state index is 14.4. The van der Waals surface area contributed by atoms with E-state index in [0.717, 1.165) is 24.0 Å². The van der Waals surface area contributed by atoms with E-state index in [2.05, 4.69) is 5.32 Å². The van der Waals surface area contributed by atoms with Crippen LogP contribution < -0.4 is 10.1 Å². The molecule has 2 aromatic carbocycles. The standard InChI is InChI=1S/C21H20Cl2FNO2/c22-13-8-16-15(17(23)9-13)10-19(25-14-3-1-2-4-14)21(16)27-20-6-5-12(11-26)7-18(20)24/h5-9,11,14,19,21,25H,1-4,10H2/t19-,21-/m0/s1. The highest BCUT2D eigenvalue weighted by atomic mass is 35.5. The summed E-state index contributed by atoms with van der Waals surface area (Å²) in [5.41, 5.74) is 2.16. The predicted molar refractivity (Wildman–Crippen MR) is 105 cm³/mol. The first kappa shape index (κ1) is 18.7. The molecule has 0 radical (unpaired) electrons. The summed E-state index contributed by atoms with van der Waals surface area (Å²) < 4.78 is 20.5. The van der Waals surface area contributed by atoms with E-state index in [1.54, 1.807) is 12.1 Å². The molecule has 2 aliphatic carbocycles. The summed E-state index contributed by atoms with van der Waals surface area (Å²) in [7, 11) is 0. The lowest BCUT2D eigenvalue weighted by Crippen LogP contribution is -2.41. The van der Waals surface area contributed by atoms with Gasteiger partial charge in [0.05, 0.1) is 6.04 Å². The number of hydrogen-bond acceptors (Lipinski definition) is 3. The van der Waals surface area contributed by atoms with E-state index in [1.807, 2.05) is 6.07 Å². The Kier molecular flexibility index (Phi) is 5.40. The van der Waals surface area contributed by atoms with Crippen LogP contribution in [0.2, 0.25) is 10.0 Å². The van der Waals surface area contributed by atoms with Crippen LogP contribution in [0.25, 0.3) is 0 Å². The molecule has 0 bridgehead atoms. The van der Waals surface area contributed by atoms with E-state index in [9.17, 15) is 9.18 Å². The molecular formula is C21H20Cl2FNO2. The number of carbonyl (C=O) groups is 1. The van der Waals surface area contributed by atoms with Crippen LogP contribution in [-0.4, -0.2) is 18.4 Å². The second kappa shape index (κ2) is 7.78. The summed E-state index contributed by atoms with van der Waals surface area (Å²) >= 11 is 12.6. The van der Waals surface area contributed by atoms with Gasteiger partial charge < -0.3 is 10.1 Å². The first-order chi connectivity index (χ1) is 13.0. The molecule has 4 rings (SSSR count). The van der Waals surface area contributed by atoms with Gasteiger partial charge in [0, 0.05) is 27.2 Å². The van der Waals surface area contributed by atoms with Crippen molar-refractivity contribution in [3.05, 3.63) is 62.9 Å². The summed E-state index contributed by atoms with van der Waals surface area (Å²) in [5.74, 6) is -0.437. The van der Waals surface area contributed by atoms with Gasteiger partial charge in [0.15, 0.2) is 11.6 Å². The molecule has 2 atom stereocenters. The van der Waals surface area contributed by atoms with Crippen molar-refractivity contribution in [3.8, 4) is 5.75 Å². The number of benzene rings is 2. The van der Waals surface area contributed by atoms with E-state index in [0.29, 0.717) is 28.8 Å². The molecule has 1 N–H and O–H groups in total. The van der Waals surface area contributed by atoms with Gasteiger partial charge in [-0.1, -0.05) is 36.0 Å². The molecule has 1 fully saturated rings. The van der Waals surface area contributed by atoms with Crippen LogP contribution >= 0.6 is 23.2 Å². The second-order valence-corrected chi connectivity index (χ2v) is 8.10. The Labute approximate surface area is 167 Å². The lowest BCUT2D eigenvalue weighted by molar-refractivity contribution is 0.112. The van der Waals surface area contributed by atoms with Crippen LogP contribution in [0, 0.1) is 5.82 Å². The predicted octanol–water partition coefficient (Wildman–Crippen LogP) is 5.52. The number of fused-ring (bicyclic) bond motifs is 1. The molecule has 6 heteroatoms. The van der Waals surface area contributed by atoms with Crippen LogP contribution in [0.1, 0.15) is 53.3 Å². The Bertz CT molecular complexity index is 868. The molecule has 0 amide bonds. The molecule has 27 heavy (non-hydrogen) atoms. The van der Waals surface area contributed by atoms with E-state index in [4.69, 9.17) is 27.9 Å². The lowest BCUT2D eigenvalue weighted by atomic mass is 10.1. The summed E-state index contributed by atoms with van der Waals surface area (Å²) in [6, 6.07) is 8.23. The normalized spacial score (nSPS) is 22.0. The molecule has 0 heterocycles. The number of halogens is 3. The fourth-order valence-electron chi connectivity index (χ4n) is 4.15. The van der Waals surface area contributed by atoms with E-state index in [-0.39, 0.29) is 17.4 Å². The van der Waals surface area contributed by atoms with E-state index < -0.39 is 11.9 Å². The van der Waals surface area contributed by atoms with Gasteiger partial charge in [-0.3, -0.25) is 4.79 Å². The molecule has 1 saturated carbocycles. The van der Waals surface area contributed by atoms with Crippen molar-refractivity contribution in [1.29, 1.82) is 0 Å². The third-order valence-electron chi connectivity index (χ3n) is 5.44. The van der Waals surface area contributed by atoms with Crippen molar-refractivity contribution in [2.45, 2.75) is 50.3 Å². The molecule has 0 saturated heterocycles. The van der Waals surface area contributed by atoms with Gasteiger partial charge in [0.2, 0.25) is 0 Å². The van der Waals surface area contributed by atoms with Crippen molar-refractivity contribution in [2.75, 3.05) is 0 Å². The van der Waals surface area contributed by atoms with Crippen LogP contribution in [0.5, 0.6) is 5.75 Å². The van der Waals surface area contributed by atoms with Crippen molar-refractivity contribution in [1.82, 2.24) is 5.32 Å². The SMILES string of the molecule is O=Cc1ccc(O[C@H]2c3cc(Cl)cc(Cl)c3C[C@@H]2NC2CCCC2)c(F)c1. The van der Waals surface area contributed by atoms with Gasteiger partial charge in [-0.2, -0.15) is 0 Å². The monoisotopic (exact) mass is 407 g/mol. The lowest BCUT2D eigenvalue weighted by Gasteiger charge is -2.26. The van der Waals surface area contributed by atoms with Gasteiger partial charge in [-0.05, 0) is 55.2 Å². The zero-order chi connectivity index (χ0) is 19.0. The van der Waals surface area contributed by atoms with Crippen LogP contribution in [-0.2, 0) is 6.42 Å². The molecule has 142 valence electrons. The highest BCUT2D eigenvalue weighted by molar-refractivity contribution is 6.35. The summed E-state index contributed by atoms with van der Waals surface area (Å²) in [4.78, 5) is 10.9. The fourth-order valence-corrected chi connectivity index (χ4v) is 4.73. The molecular weight excluding hydrogens is 388 g/mol. The van der Waals surface area contributed by atoms with Gasteiger partial charge in [-0.25, -0.2) is 4.39 Å². The van der Waals surface area contributed by atoms with Gasteiger partial charge in [0.25, 0.3) is 0 Å². The summed E-state index contributed by atoms with van der Waals surface area (Å²) in [6.45, 7) is 0. The number of hydrogen-bond donors (Lipinski definition) is 1. The number of aldehydes is 1. The van der Waals surface area contributed by atoms with Crippen molar-refractivity contribution < 1.29 is 13.9 Å². The number of nitrogens with one attached hydrogen (secondary N) is 1. The van der Waals surface area contributed by atoms with E-state index in [1.165, 1.54) is 25.0 Å². The zero-order valence-electron chi connectivity index (χ0n) is 14.7. The minimum atomic E-state index is -0.555. The van der Waals surface area contributed by atoms with Crippen LogP contribution in [0.4, 0.5) is 4.39 Å². The minimum Gasteiger partial charge on any atom is -0.481 e. The maximum Gasteiger partial charge on any atom is 0.165 e. The largest absolute Gasteiger partial charge is 0.481 e. The summed E-state index contributed by atoms with van der Waals surface area (Å²) in [5, 5.41) is 4.82. The van der Waals surface area contributed by atoms with Crippen molar-refractivity contribution in [3.63, 3.8) is 0 Å². The minimum absolute atomic E-state index is 0.00999. The molecule has 3 nitrogen and oxygen atoms in total. The highest BCUT2D eigenvalue weighted by Crippen LogP contribution is 2.41. The molecule has 0 aromatic heterocycles. The molecule has 2 aliphatic rings. The van der Waals surface area contributed by atoms with E-state index >= 15 is 0 Å². The number of carbonyl (C=O) groups excluding carboxylic acids is 1. The second-order valence-electron chi connectivity index (χ2n) is 7.26.